The number of hydrogen-bond donors (Lipinski definition) is 1. The normalized spacial score (nSPS) is 18.1. The van der Waals surface area contributed by atoms with E-state index in [4.69, 9.17) is 15.0 Å². The molecule has 0 radical (unpaired) electrons. The molecular weight excluding hydrogens is 432 g/mol. The van der Waals surface area contributed by atoms with Crippen molar-refractivity contribution in [1.82, 2.24) is 25.3 Å². The molecule has 0 bridgehead atoms. The lowest BCUT2D eigenvalue weighted by Gasteiger charge is -2.23. The second-order valence-electron chi connectivity index (χ2n) is 8.65. The van der Waals surface area contributed by atoms with Crippen LogP contribution in [0.15, 0.2) is 54.9 Å². The second-order valence-corrected chi connectivity index (χ2v) is 9.62. The molecule has 7 nitrogen and oxygen atoms in total. The second kappa shape index (κ2) is 8.51. The summed E-state index contributed by atoms with van der Waals surface area (Å²) in [6, 6.07) is 13.7. The molecule has 166 valence electrons. The van der Waals surface area contributed by atoms with Gasteiger partial charge in [-0.15, -0.1) is 0 Å². The zero-order valence-corrected chi connectivity index (χ0v) is 19.0. The highest BCUT2D eigenvalue weighted by atomic mass is 32.1. The van der Waals surface area contributed by atoms with Crippen molar-refractivity contribution >= 4 is 32.7 Å². The van der Waals surface area contributed by atoms with Gasteiger partial charge in [0.25, 0.3) is 0 Å². The van der Waals surface area contributed by atoms with Crippen molar-refractivity contribution in [1.29, 1.82) is 0 Å². The summed E-state index contributed by atoms with van der Waals surface area (Å²) in [5, 5.41) is 3.97. The van der Waals surface area contributed by atoms with Crippen molar-refractivity contribution in [2.45, 2.75) is 44.2 Å². The van der Waals surface area contributed by atoms with Gasteiger partial charge >= 0.3 is 0 Å². The molecule has 1 saturated heterocycles. The first-order chi connectivity index (χ1) is 16.3. The van der Waals surface area contributed by atoms with Gasteiger partial charge in [0.15, 0.2) is 16.6 Å². The molecule has 8 heteroatoms. The number of amides is 1. The predicted octanol–water partition coefficient (Wildman–Crippen LogP) is 4.31. The highest BCUT2D eigenvalue weighted by Gasteiger charge is 2.34. The monoisotopic (exact) mass is 456 g/mol. The Labute approximate surface area is 195 Å². The molecule has 1 atom stereocenters. The Kier molecular flexibility index (Phi) is 5.22. The fourth-order valence-electron chi connectivity index (χ4n) is 4.39. The minimum atomic E-state index is -0.203. The lowest BCUT2D eigenvalue weighted by Crippen LogP contribution is -2.43. The summed E-state index contributed by atoms with van der Waals surface area (Å²) in [5.74, 6) is 1.23. The first-order valence-corrected chi connectivity index (χ1v) is 12.2. The van der Waals surface area contributed by atoms with Gasteiger partial charge in [0.1, 0.15) is 6.04 Å². The number of nitrogens with zero attached hydrogens (tertiary/aromatic N) is 5. The molecule has 2 fully saturated rings. The molecule has 4 heterocycles. The van der Waals surface area contributed by atoms with Crippen molar-refractivity contribution in [3.8, 4) is 11.4 Å². The highest BCUT2D eigenvalue weighted by molar-refractivity contribution is 7.22. The SMILES string of the molecule is O=C(NCc1ccccc1)[C@H]1CCCN1c1nc2nc(-c3ccncc3)nc(C3CC3)c2s1. The van der Waals surface area contributed by atoms with Gasteiger partial charge in [0, 0.05) is 37.0 Å². The van der Waals surface area contributed by atoms with Crippen LogP contribution in [0.5, 0.6) is 0 Å². The van der Waals surface area contributed by atoms with Crippen LogP contribution in [0.2, 0.25) is 0 Å². The topological polar surface area (TPSA) is 83.9 Å². The molecule has 6 rings (SSSR count). The van der Waals surface area contributed by atoms with Crippen molar-refractivity contribution in [2.75, 3.05) is 11.4 Å². The zero-order valence-electron chi connectivity index (χ0n) is 18.1. The quantitative estimate of drug-likeness (QED) is 0.465. The number of carbonyl (C=O) groups excluding carboxylic acids is 1. The minimum Gasteiger partial charge on any atom is -0.350 e. The minimum absolute atomic E-state index is 0.0570. The number of aromatic nitrogens is 4. The Morgan fingerprint density at radius 3 is 2.64 bits per heavy atom. The first-order valence-electron chi connectivity index (χ1n) is 11.4. The molecule has 1 aliphatic heterocycles. The van der Waals surface area contributed by atoms with E-state index in [1.165, 1.54) is 0 Å². The number of nitrogens with one attached hydrogen (secondary N) is 1. The fraction of sp³-hybridized carbons (Fsp3) is 0.320. The summed E-state index contributed by atoms with van der Waals surface area (Å²) in [5.41, 5.74) is 3.87. The van der Waals surface area contributed by atoms with E-state index in [2.05, 4.69) is 15.2 Å². The van der Waals surface area contributed by atoms with E-state index in [0.717, 1.165) is 64.5 Å². The third-order valence-corrected chi connectivity index (χ3v) is 7.39. The van der Waals surface area contributed by atoms with E-state index in [-0.39, 0.29) is 11.9 Å². The standard InChI is InChI=1S/C25H24N6OS/c32-24(27-15-16-5-2-1-3-6-16)19-7-4-14-31(19)25-30-23-21(33-25)20(17-8-9-17)28-22(29-23)18-10-12-26-13-11-18/h1-3,5-6,10-13,17,19H,4,7-9,14-15H2,(H,27,32)/t19-/m1/s1. The number of benzene rings is 1. The number of thiazole rings is 1. The van der Waals surface area contributed by atoms with Crippen molar-refractivity contribution in [3.63, 3.8) is 0 Å². The molecule has 33 heavy (non-hydrogen) atoms. The molecule has 0 unspecified atom stereocenters. The maximum absolute atomic E-state index is 13.0. The van der Waals surface area contributed by atoms with E-state index in [0.29, 0.717) is 18.3 Å². The molecule has 1 aromatic carbocycles. The summed E-state index contributed by atoms with van der Waals surface area (Å²) < 4.78 is 1.06. The largest absolute Gasteiger partial charge is 0.350 e. The van der Waals surface area contributed by atoms with Crippen LogP contribution in [0.3, 0.4) is 0 Å². The third kappa shape index (κ3) is 4.06. The summed E-state index contributed by atoms with van der Waals surface area (Å²) in [7, 11) is 0. The Hall–Kier alpha value is -3.39. The first kappa shape index (κ1) is 20.2. The molecule has 1 saturated carbocycles. The van der Waals surface area contributed by atoms with Gasteiger partial charge in [-0.05, 0) is 43.4 Å². The van der Waals surface area contributed by atoms with E-state index < -0.39 is 0 Å². The number of pyridine rings is 1. The molecule has 4 aromatic rings. The lowest BCUT2D eigenvalue weighted by molar-refractivity contribution is -0.122. The summed E-state index contributed by atoms with van der Waals surface area (Å²) in [6.45, 7) is 1.36. The zero-order chi connectivity index (χ0) is 22.2. The van der Waals surface area contributed by atoms with Gasteiger partial charge in [-0.2, -0.15) is 4.98 Å². The van der Waals surface area contributed by atoms with E-state index in [1.54, 1.807) is 23.7 Å². The van der Waals surface area contributed by atoms with Crippen LogP contribution in [0.25, 0.3) is 21.7 Å². The van der Waals surface area contributed by atoms with E-state index in [1.807, 2.05) is 42.5 Å². The fourth-order valence-corrected chi connectivity index (χ4v) is 5.54. The average molecular weight is 457 g/mol. The van der Waals surface area contributed by atoms with Crippen LogP contribution in [0, 0.1) is 0 Å². The third-order valence-electron chi connectivity index (χ3n) is 6.28. The highest BCUT2D eigenvalue weighted by Crippen LogP contribution is 2.45. The van der Waals surface area contributed by atoms with E-state index >= 15 is 0 Å². The maximum atomic E-state index is 13.0. The van der Waals surface area contributed by atoms with Crippen LogP contribution in [0.4, 0.5) is 5.13 Å². The van der Waals surface area contributed by atoms with Gasteiger partial charge in [-0.3, -0.25) is 9.78 Å². The summed E-state index contributed by atoms with van der Waals surface area (Å²) >= 11 is 1.63. The molecule has 3 aromatic heterocycles. The predicted molar refractivity (Wildman–Crippen MR) is 129 cm³/mol. The van der Waals surface area contributed by atoms with Gasteiger partial charge in [-0.1, -0.05) is 41.7 Å². The molecule has 1 amide bonds. The smallest absolute Gasteiger partial charge is 0.243 e. The van der Waals surface area contributed by atoms with Gasteiger partial charge in [-0.25, -0.2) is 9.97 Å². The van der Waals surface area contributed by atoms with Crippen molar-refractivity contribution in [2.24, 2.45) is 0 Å². The Bertz CT molecular complexity index is 1290. The van der Waals surface area contributed by atoms with Gasteiger partial charge < -0.3 is 10.2 Å². The number of anilines is 1. The van der Waals surface area contributed by atoms with Crippen molar-refractivity contribution in [3.05, 3.63) is 66.1 Å². The average Bonchev–Trinajstić information content (AvgIpc) is 3.42. The van der Waals surface area contributed by atoms with Crippen LogP contribution < -0.4 is 10.2 Å². The Balaban J connectivity index is 1.29. The maximum Gasteiger partial charge on any atom is 0.243 e. The molecular formula is C25H24N6OS. The van der Waals surface area contributed by atoms with E-state index in [9.17, 15) is 4.79 Å². The lowest BCUT2D eigenvalue weighted by atomic mass is 10.2. The Morgan fingerprint density at radius 2 is 1.85 bits per heavy atom. The molecule has 1 N–H and O–H groups in total. The number of carbonyl (C=O) groups is 1. The Morgan fingerprint density at radius 1 is 1.03 bits per heavy atom. The van der Waals surface area contributed by atoms with Gasteiger partial charge in [0.05, 0.1) is 10.4 Å². The number of fused-ring (bicyclic) bond motifs is 1. The van der Waals surface area contributed by atoms with Crippen LogP contribution in [-0.4, -0.2) is 38.4 Å². The van der Waals surface area contributed by atoms with Crippen LogP contribution in [0.1, 0.15) is 42.9 Å². The number of rotatable bonds is 6. The van der Waals surface area contributed by atoms with Crippen LogP contribution in [-0.2, 0) is 11.3 Å². The molecule has 0 spiro atoms. The molecule has 2 aliphatic rings. The molecule has 1 aliphatic carbocycles. The summed E-state index contributed by atoms with van der Waals surface area (Å²) in [4.78, 5) is 33.9. The van der Waals surface area contributed by atoms with Gasteiger partial charge in [0.2, 0.25) is 5.91 Å². The van der Waals surface area contributed by atoms with Crippen molar-refractivity contribution < 1.29 is 4.79 Å². The number of hydrogen-bond acceptors (Lipinski definition) is 7. The summed E-state index contributed by atoms with van der Waals surface area (Å²) in [6.07, 6.45) is 7.64. The van der Waals surface area contributed by atoms with Crippen LogP contribution >= 0.6 is 11.3 Å².